The number of ketones is 1. The number of rotatable bonds is 6. The van der Waals surface area contributed by atoms with Crippen molar-refractivity contribution in [2.24, 2.45) is 0 Å². The SMILES string of the molecule is CC(=O)c1csc(-c2ncc([N+](=O)[O-])n2OS(=O)(=O)c2ccc(C)cc2)n1. The molecule has 10 nitrogen and oxygen atoms in total. The van der Waals surface area contributed by atoms with Crippen LogP contribution in [-0.4, -0.2) is 33.8 Å². The summed E-state index contributed by atoms with van der Waals surface area (Å²) >= 11 is 0.981. The highest BCUT2D eigenvalue weighted by Gasteiger charge is 2.31. The lowest BCUT2D eigenvalue weighted by atomic mass is 10.2. The third-order valence-corrected chi connectivity index (χ3v) is 5.46. The molecule has 0 radical (unpaired) electrons. The second-order valence-electron chi connectivity index (χ2n) is 5.43. The predicted molar refractivity (Wildman–Crippen MR) is 94.9 cm³/mol. The number of nitrogens with zero attached hydrogens (tertiary/aromatic N) is 4. The van der Waals surface area contributed by atoms with Crippen LogP contribution in [0.3, 0.4) is 0 Å². The van der Waals surface area contributed by atoms with Gasteiger partial charge >= 0.3 is 21.8 Å². The van der Waals surface area contributed by atoms with E-state index in [1.54, 1.807) is 19.1 Å². The van der Waals surface area contributed by atoms with Gasteiger partial charge in [-0.2, -0.15) is 12.7 Å². The second-order valence-corrected chi connectivity index (χ2v) is 7.81. The maximum Gasteiger partial charge on any atom is 0.384 e. The fourth-order valence-corrected chi connectivity index (χ4v) is 3.79. The first-order chi connectivity index (χ1) is 12.7. The Hall–Kier alpha value is -3.12. The fraction of sp³-hybridized carbons (Fsp3) is 0.133. The highest BCUT2D eigenvalue weighted by molar-refractivity contribution is 7.87. The Balaban J connectivity index is 2.07. The molecule has 0 aliphatic carbocycles. The van der Waals surface area contributed by atoms with E-state index in [0.717, 1.165) is 23.1 Å². The smallest absolute Gasteiger partial charge is 0.358 e. The van der Waals surface area contributed by atoms with E-state index in [1.165, 1.54) is 24.4 Å². The van der Waals surface area contributed by atoms with Crippen LogP contribution in [0.2, 0.25) is 0 Å². The van der Waals surface area contributed by atoms with E-state index in [-0.39, 0.29) is 27.2 Å². The summed E-state index contributed by atoms with van der Waals surface area (Å²) in [5.41, 5.74) is 0.969. The van der Waals surface area contributed by atoms with Crippen LogP contribution < -0.4 is 4.28 Å². The van der Waals surface area contributed by atoms with Crippen LogP contribution in [0.1, 0.15) is 23.0 Å². The maximum atomic E-state index is 12.5. The molecule has 0 aliphatic rings. The van der Waals surface area contributed by atoms with Crippen LogP contribution in [0.25, 0.3) is 10.8 Å². The number of nitro groups is 1. The molecule has 0 unspecified atom stereocenters. The van der Waals surface area contributed by atoms with Gasteiger partial charge in [0.2, 0.25) is 0 Å². The summed E-state index contributed by atoms with van der Waals surface area (Å²) in [4.78, 5) is 29.5. The van der Waals surface area contributed by atoms with Crippen molar-refractivity contribution in [3.05, 3.63) is 57.2 Å². The van der Waals surface area contributed by atoms with Gasteiger partial charge in [0.15, 0.2) is 10.8 Å². The van der Waals surface area contributed by atoms with Crippen molar-refractivity contribution in [1.29, 1.82) is 0 Å². The number of thiazole rings is 1. The summed E-state index contributed by atoms with van der Waals surface area (Å²) in [6.45, 7) is 3.09. The van der Waals surface area contributed by atoms with Crippen molar-refractivity contribution in [2.75, 3.05) is 0 Å². The van der Waals surface area contributed by atoms with Crippen LogP contribution in [0.4, 0.5) is 5.82 Å². The maximum absolute atomic E-state index is 12.5. The molecule has 0 bridgehead atoms. The third kappa shape index (κ3) is 3.71. The molecule has 27 heavy (non-hydrogen) atoms. The summed E-state index contributed by atoms with van der Waals surface area (Å²) in [5, 5.41) is 12.8. The number of aromatic nitrogens is 3. The molecule has 2 heterocycles. The predicted octanol–water partition coefficient (Wildman–Crippen LogP) is 2.24. The Morgan fingerprint density at radius 3 is 2.52 bits per heavy atom. The zero-order valence-corrected chi connectivity index (χ0v) is 15.7. The monoisotopic (exact) mass is 408 g/mol. The van der Waals surface area contributed by atoms with Gasteiger partial charge in [-0.05, 0) is 24.0 Å². The molecular formula is C15H12N4O6S2. The molecule has 0 amide bonds. The molecule has 0 saturated carbocycles. The molecule has 0 atom stereocenters. The Morgan fingerprint density at radius 1 is 1.30 bits per heavy atom. The number of imidazole rings is 1. The minimum Gasteiger partial charge on any atom is -0.358 e. The van der Waals surface area contributed by atoms with Crippen molar-refractivity contribution in [2.45, 2.75) is 18.7 Å². The molecular weight excluding hydrogens is 396 g/mol. The highest BCUT2D eigenvalue weighted by atomic mass is 32.2. The molecule has 140 valence electrons. The van der Waals surface area contributed by atoms with Crippen LogP contribution in [0.15, 0.2) is 40.7 Å². The molecule has 0 fully saturated rings. The molecule has 2 aromatic heterocycles. The lowest BCUT2D eigenvalue weighted by molar-refractivity contribution is -0.395. The molecule has 12 heteroatoms. The van der Waals surface area contributed by atoms with Gasteiger partial charge < -0.3 is 10.1 Å². The Morgan fingerprint density at radius 2 is 1.96 bits per heavy atom. The minimum atomic E-state index is -4.37. The van der Waals surface area contributed by atoms with E-state index < -0.39 is 20.9 Å². The van der Waals surface area contributed by atoms with Gasteiger partial charge in [-0.25, -0.2) is 9.97 Å². The molecule has 3 rings (SSSR count). The molecule has 3 aromatic rings. The van der Waals surface area contributed by atoms with Crippen LogP contribution in [-0.2, 0) is 10.1 Å². The zero-order valence-electron chi connectivity index (χ0n) is 14.0. The minimum absolute atomic E-state index is 0.104. The standard InChI is InChI=1S/C15H12N4O6S2/c1-9-3-5-11(6-4-9)27(23,24)25-18-13(19(21)22)7-16-14(18)15-17-12(8-26-15)10(2)20/h3-8H,1-2H3. The van der Waals surface area contributed by atoms with Crippen LogP contribution >= 0.6 is 11.3 Å². The van der Waals surface area contributed by atoms with E-state index >= 15 is 0 Å². The first-order valence-electron chi connectivity index (χ1n) is 7.39. The average Bonchev–Trinajstić information content (AvgIpc) is 3.21. The number of carbonyl (C=O) groups excluding carboxylic acids is 1. The Labute approximate surface area is 157 Å². The summed E-state index contributed by atoms with van der Waals surface area (Å²) in [6.07, 6.45) is 0.856. The molecule has 0 N–H and O–H groups in total. The van der Waals surface area contributed by atoms with Gasteiger partial charge in [-0.3, -0.25) is 4.79 Å². The van der Waals surface area contributed by atoms with E-state index in [0.29, 0.717) is 4.73 Å². The molecule has 0 spiro atoms. The van der Waals surface area contributed by atoms with Crippen LogP contribution in [0, 0.1) is 17.0 Å². The van der Waals surface area contributed by atoms with Crippen LogP contribution in [0.5, 0.6) is 0 Å². The van der Waals surface area contributed by atoms with Crippen molar-refractivity contribution in [1.82, 2.24) is 14.7 Å². The lowest BCUT2D eigenvalue weighted by Crippen LogP contribution is -2.22. The third-order valence-electron chi connectivity index (χ3n) is 3.43. The van der Waals surface area contributed by atoms with Gasteiger partial charge in [0.25, 0.3) is 0 Å². The van der Waals surface area contributed by atoms with Crippen molar-refractivity contribution >= 4 is 33.1 Å². The van der Waals surface area contributed by atoms with Gasteiger partial charge in [0.05, 0.1) is 0 Å². The lowest BCUT2D eigenvalue weighted by Gasteiger charge is -2.05. The first kappa shape index (κ1) is 18.7. The second kappa shape index (κ2) is 6.89. The number of aryl methyl sites for hydroxylation is 1. The Bertz CT molecular complexity index is 1130. The number of carbonyl (C=O) groups is 1. The van der Waals surface area contributed by atoms with Crippen molar-refractivity contribution < 1.29 is 22.4 Å². The Kier molecular flexibility index (Phi) is 4.76. The number of benzene rings is 1. The highest BCUT2D eigenvalue weighted by Crippen LogP contribution is 2.27. The molecule has 0 saturated heterocycles. The largest absolute Gasteiger partial charge is 0.384 e. The quantitative estimate of drug-likeness (QED) is 0.344. The summed E-state index contributed by atoms with van der Waals surface area (Å²) in [7, 11) is -4.37. The van der Waals surface area contributed by atoms with Gasteiger partial charge in [-0.1, -0.05) is 17.7 Å². The van der Waals surface area contributed by atoms with E-state index in [4.69, 9.17) is 4.28 Å². The van der Waals surface area contributed by atoms with Gasteiger partial charge in [0.1, 0.15) is 16.8 Å². The van der Waals surface area contributed by atoms with Crippen molar-refractivity contribution in [3.8, 4) is 10.8 Å². The first-order valence-corrected chi connectivity index (χ1v) is 9.68. The average molecular weight is 408 g/mol. The fourth-order valence-electron chi connectivity index (χ4n) is 2.05. The summed E-state index contributed by atoms with van der Waals surface area (Å²) in [5.74, 6) is -1.20. The topological polar surface area (TPSA) is 134 Å². The molecule has 1 aromatic carbocycles. The van der Waals surface area contributed by atoms with Gasteiger partial charge in [0, 0.05) is 17.0 Å². The van der Waals surface area contributed by atoms with E-state index in [9.17, 15) is 23.3 Å². The number of hydrogen-bond acceptors (Lipinski definition) is 9. The molecule has 0 aliphatic heterocycles. The number of hydrogen-bond donors (Lipinski definition) is 0. The number of Topliss-reactive ketones (excluding diaryl/α,β-unsaturated/α-hetero) is 1. The van der Waals surface area contributed by atoms with Crippen molar-refractivity contribution in [3.63, 3.8) is 0 Å². The normalized spacial score (nSPS) is 11.3. The summed E-state index contributed by atoms with van der Waals surface area (Å²) in [6, 6.07) is 5.79. The summed E-state index contributed by atoms with van der Waals surface area (Å²) < 4.78 is 30.5. The van der Waals surface area contributed by atoms with E-state index in [2.05, 4.69) is 9.97 Å². The zero-order chi connectivity index (χ0) is 19.8. The van der Waals surface area contributed by atoms with E-state index in [1.807, 2.05) is 0 Å². The van der Waals surface area contributed by atoms with Gasteiger partial charge in [-0.15, -0.1) is 11.3 Å².